The molecule has 3 heteroatoms. The van der Waals surface area contributed by atoms with Crippen LogP contribution < -0.4 is 0 Å². The van der Waals surface area contributed by atoms with Crippen LogP contribution >= 0.6 is 12.4 Å². The van der Waals surface area contributed by atoms with Crippen LogP contribution in [0.15, 0.2) is 91.0 Å². The highest BCUT2D eigenvalue weighted by molar-refractivity contribution is 5.85. The van der Waals surface area contributed by atoms with E-state index in [1.165, 1.54) is 5.56 Å². The molecule has 1 fully saturated rings. The second-order valence-corrected chi connectivity index (χ2v) is 7.69. The highest BCUT2D eigenvalue weighted by Crippen LogP contribution is 2.43. The molecule has 0 unspecified atom stereocenters. The molecule has 0 radical (unpaired) electrons. The maximum absolute atomic E-state index is 10.5. The summed E-state index contributed by atoms with van der Waals surface area (Å²) in [5, 5.41) is 10.5. The Morgan fingerprint density at radius 2 is 1.21 bits per heavy atom. The van der Waals surface area contributed by atoms with Gasteiger partial charge in [-0.3, -0.25) is 4.90 Å². The molecule has 0 aliphatic carbocycles. The topological polar surface area (TPSA) is 27.0 Å². The molecule has 3 aromatic rings. The first-order chi connectivity index (χ1) is 13.8. The van der Waals surface area contributed by atoms with Gasteiger partial charge >= 0.3 is 0 Å². The minimum Gasteiger partial charge on any atom is -0.299 e. The highest BCUT2D eigenvalue weighted by Gasteiger charge is 2.43. The number of rotatable bonds is 5. The lowest BCUT2D eigenvalue weighted by molar-refractivity contribution is 0.153. The summed E-state index contributed by atoms with van der Waals surface area (Å²) in [6.45, 7) is 3.05. The van der Waals surface area contributed by atoms with Crippen LogP contribution in [0.3, 0.4) is 0 Å². The second kappa shape index (κ2) is 9.74. The van der Waals surface area contributed by atoms with Crippen molar-refractivity contribution in [2.24, 2.45) is 5.92 Å². The van der Waals surface area contributed by atoms with Gasteiger partial charge in [0, 0.05) is 6.54 Å². The Labute approximate surface area is 180 Å². The summed E-state index contributed by atoms with van der Waals surface area (Å²) in [6.07, 6.45) is 2.06. The summed E-state index contributed by atoms with van der Waals surface area (Å²) >= 11 is 0. The molecule has 0 spiro atoms. The van der Waals surface area contributed by atoms with Gasteiger partial charge in [-0.25, -0.2) is 0 Å². The fraction of sp³-hybridized carbons (Fsp3) is 0.269. The van der Waals surface area contributed by atoms with Crippen LogP contribution in [0, 0.1) is 17.2 Å². The van der Waals surface area contributed by atoms with E-state index in [1.54, 1.807) is 0 Å². The number of nitriles is 1. The lowest BCUT2D eigenvalue weighted by atomic mass is 9.64. The van der Waals surface area contributed by atoms with Gasteiger partial charge in [0.1, 0.15) is 5.41 Å². The van der Waals surface area contributed by atoms with E-state index in [1.807, 2.05) is 12.1 Å². The van der Waals surface area contributed by atoms with Crippen molar-refractivity contribution in [2.75, 3.05) is 13.1 Å². The highest BCUT2D eigenvalue weighted by atomic mass is 35.5. The Morgan fingerprint density at radius 1 is 0.759 bits per heavy atom. The first-order valence-corrected chi connectivity index (χ1v) is 10.1. The van der Waals surface area contributed by atoms with Crippen LogP contribution in [0.4, 0.5) is 0 Å². The minimum absolute atomic E-state index is 0. The third-order valence-corrected chi connectivity index (χ3v) is 6.08. The van der Waals surface area contributed by atoms with Gasteiger partial charge < -0.3 is 0 Å². The van der Waals surface area contributed by atoms with Gasteiger partial charge in [0.15, 0.2) is 0 Å². The zero-order valence-corrected chi connectivity index (χ0v) is 17.4. The van der Waals surface area contributed by atoms with Gasteiger partial charge in [0.2, 0.25) is 0 Å². The van der Waals surface area contributed by atoms with E-state index >= 15 is 0 Å². The first kappa shape index (κ1) is 21.1. The van der Waals surface area contributed by atoms with Crippen LogP contribution in [0.25, 0.3) is 0 Å². The number of piperidine rings is 1. The Kier molecular flexibility index (Phi) is 7.09. The fourth-order valence-electron chi connectivity index (χ4n) is 4.63. The molecule has 1 saturated heterocycles. The van der Waals surface area contributed by atoms with Crippen LogP contribution in [0.5, 0.6) is 0 Å². The quantitative estimate of drug-likeness (QED) is 0.536. The average molecular weight is 403 g/mol. The van der Waals surface area contributed by atoms with E-state index in [0.717, 1.165) is 43.6 Å². The van der Waals surface area contributed by atoms with Crippen molar-refractivity contribution in [3.63, 3.8) is 0 Å². The average Bonchev–Trinajstić information content (AvgIpc) is 2.78. The molecular weight excluding hydrogens is 376 g/mol. The van der Waals surface area contributed by atoms with E-state index in [4.69, 9.17) is 0 Å². The van der Waals surface area contributed by atoms with Crippen molar-refractivity contribution < 1.29 is 0 Å². The SMILES string of the molecule is Cl.N#CC(c1ccccc1)(c1ccccc1)C1CCN(Cc2ccccc2)CC1. The summed E-state index contributed by atoms with van der Waals surface area (Å²) in [4.78, 5) is 2.52. The van der Waals surface area contributed by atoms with Gasteiger partial charge in [-0.15, -0.1) is 12.4 Å². The van der Waals surface area contributed by atoms with Crippen molar-refractivity contribution in [3.8, 4) is 6.07 Å². The predicted octanol–water partition coefficient (Wildman–Crippen LogP) is 5.83. The molecule has 0 amide bonds. The molecule has 0 N–H and O–H groups in total. The smallest absolute Gasteiger partial charge is 0.110 e. The Morgan fingerprint density at radius 3 is 1.66 bits per heavy atom. The third kappa shape index (κ3) is 4.37. The monoisotopic (exact) mass is 402 g/mol. The predicted molar refractivity (Wildman–Crippen MR) is 121 cm³/mol. The van der Waals surface area contributed by atoms with Crippen molar-refractivity contribution in [3.05, 3.63) is 108 Å². The molecule has 2 nitrogen and oxygen atoms in total. The van der Waals surface area contributed by atoms with E-state index in [0.29, 0.717) is 5.92 Å². The molecule has 0 bridgehead atoms. The van der Waals surface area contributed by atoms with Crippen molar-refractivity contribution in [2.45, 2.75) is 24.8 Å². The molecule has 1 aliphatic heterocycles. The number of hydrogen-bond acceptors (Lipinski definition) is 2. The maximum atomic E-state index is 10.5. The summed E-state index contributed by atoms with van der Waals surface area (Å²) in [6, 6.07) is 34.2. The Balaban J connectivity index is 0.00000240. The molecule has 1 heterocycles. The first-order valence-electron chi connectivity index (χ1n) is 10.1. The maximum Gasteiger partial charge on any atom is 0.110 e. The molecular formula is C26H27ClN2. The molecule has 0 aromatic heterocycles. The summed E-state index contributed by atoms with van der Waals surface area (Å²) in [5.41, 5.74) is 3.01. The molecule has 0 atom stereocenters. The zero-order valence-electron chi connectivity index (χ0n) is 16.6. The van der Waals surface area contributed by atoms with Gasteiger partial charge in [0.25, 0.3) is 0 Å². The van der Waals surface area contributed by atoms with E-state index in [2.05, 4.69) is 89.8 Å². The van der Waals surface area contributed by atoms with Crippen LogP contribution in [-0.2, 0) is 12.0 Å². The number of halogens is 1. The zero-order chi connectivity index (χ0) is 19.2. The Bertz CT molecular complexity index is 872. The van der Waals surface area contributed by atoms with Crippen molar-refractivity contribution in [1.29, 1.82) is 5.26 Å². The molecule has 0 saturated carbocycles. The summed E-state index contributed by atoms with van der Waals surface area (Å²) in [5.74, 6) is 0.314. The van der Waals surface area contributed by atoms with E-state index in [-0.39, 0.29) is 12.4 Å². The normalized spacial score (nSPS) is 15.3. The van der Waals surface area contributed by atoms with Crippen LogP contribution in [-0.4, -0.2) is 18.0 Å². The lowest BCUT2D eigenvalue weighted by Gasteiger charge is -2.41. The number of benzene rings is 3. The van der Waals surface area contributed by atoms with Crippen molar-refractivity contribution >= 4 is 12.4 Å². The molecule has 148 valence electrons. The van der Waals surface area contributed by atoms with E-state index in [9.17, 15) is 5.26 Å². The fourth-order valence-corrected chi connectivity index (χ4v) is 4.63. The standard InChI is InChI=1S/C26H26N2.ClH/c27-21-26(23-12-6-2-7-13-23,24-14-8-3-9-15-24)25-16-18-28(19-17-25)20-22-10-4-1-5-11-22;/h1-15,25H,16-20H2;1H. The number of likely N-dealkylation sites (tertiary alicyclic amines) is 1. The van der Waals surface area contributed by atoms with Gasteiger partial charge in [-0.2, -0.15) is 5.26 Å². The van der Waals surface area contributed by atoms with Crippen molar-refractivity contribution in [1.82, 2.24) is 4.90 Å². The van der Waals surface area contributed by atoms with Gasteiger partial charge in [-0.05, 0) is 48.5 Å². The number of hydrogen-bond donors (Lipinski definition) is 0. The van der Waals surface area contributed by atoms with Crippen LogP contribution in [0.1, 0.15) is 29.5 Å². The third-order valence-electron chi connectivity index (χ3n) is 6.08. The van der Waals surface area contributed by atoms with Gasteiger partial charge in [0.05, 0.1) is 6.07 Å². The second-order valence-electron chi connectivity index (χ2n) is 7.69. The van der Waals surface area contributed by atoms with Gasteiger partial charge in [-0.1, -0.05) is 91.0 Å². The van der Waals surface area contributed by atoms with E-state index < -0.39 is 5.41 Å². The lowest BCUT2D eigenvalue weighted by Crippen LogP contribution is -2.43. The molecule has 29 heavy (non-hydrogen) atoms. The van der Waals surface area contributed by atoms with Crippen LogP contribution in [0.2, 0.25) is 0 Å². The minimum atomic E-state index is -0.582. The molecule has 1 aliphatic rings. The summed E-state index contributed by atoms with van der Waals surface area (Å²) in [7, 11) is 0. The molecule has 4 rings (SSSR count). The summed E-state index contributed by atoms with van der Waals surface area (Å²) < 4.78 is 0. The number of nitrogens with zero attached hydrogens (tertiary/aromatic N) is 2. The molecule has 3 aromatic carbocycles. The largest absolute Gasteiger partial charge is 0.299 e. The Hall–Kier alpha value is -2.60.